The lowest BCUT2D eigenvalue weighted by atomic mass is 10.4. The molecule has 0 aromatic carbocycles. The first kappa shape index (κ1) is 14.4. The Morgan fingerprint density at radius 3 is 2.40 bits per heavy atom. The first-order valence-electron chi connectivity index (χ1n) is 5.09. The van der Waals surface area contributed by atoms with Gasteiger partial charge in [0.05, 0.1) is 11.6 Å². The fourth-order valence-corrected chi connectivity index (χ4v) is 2.55. The molecule has 0 atom stereocenters. The molecule has 0 aliphatic rings. The molecular formula is C9H21N3O2S. The monoisotopic (exact) mass is 235 g/mol. The molecule has 0 saturated heterocycles. The Kier molecular flexibility index (Phi) is 6.51. The lowest BCUT2D eigenvalue weighted by Gasteiger charge is -2.15. The van der Waals surface area contributed by atoms with Crippen molar-refractivity contribution in [3.8, 4) is 0 Å². The molecule has 0 saturated carbocycles. The van der Waals surface area contributed by atoms with Crippen molar-refractivity contribution in [2.24, 2.45) is 5.73 Å². The lowest BCUT2D eigenvalue weighted by Crippen LogP contribution is -2.29. The summed E-state index contributed by atoms with van der Waals surface area (Å²) in [5.74, 6) is 0.584. The predicted molar refractivity (Wildman–Crippen MR) is 63.0 cm³/mol. The normalized spacial score (nSPS) is 11.9. The fourth-order valence-electron chi connectivity index (χ4n) is 1.13. The van der Waals surface area contributed by atoms with E-state index < -0.39 is 9.84 Å². The highest BCUT2D eigenvalue weighted by Gasteiger charge is 2.10. The molecule has 0 amide bonds. The molecule has 15 heavy (non-hydrogen) atoms. The molecule has 0 unspecified atom stereocenters. The van der Waals surface area contributed by atoms with E-state index in [9.17, 15) is 8.42 Å². The van der Waals surface area contributed by atoms with Crippen molar-refractivity contribution < 1.29 is 8.42 Å². The predicted octanol–water partition coefficient (Wildman–Crippen LogP) is 0.0691. The number of hydrogen-bond acceptors (Lipinski definition) is 4. The molecule has 0 rings (SSSR count). The van der Waals surface area contributed by atoms with Crippen molar-refractivity contribution in [3.05, 3.63) is 0 Å². The molecule has 0 heterocycles. The third kappa shape index (κ3) is 8.38. The van der Waals surface area contributed by atoms with Gasteiger partial charge in [0.25, 0.3) is 0 Å². The second kappa shape index (κ2) is 6.79. The molecule has 0 bridgehead atoms. The van der Waals surface area contributed by atoms with Gasteiger partial charge in [-0.1, -0.05) is 6.92 Å². The number of amidine groups is 1. The van der Waals surface area contributed by atoms with E-state index in [2.05, 4.69) is 0 Å². The fraction of sp³-hybridized carbons (Fsp3) is 0.889. The average molecular weight is 235 g/mol. The Balaban J connectivity index is 3.80. The van der Waals surface area contributed by atoms with E-state index in [0.29, 0.717) is 25.9 Å². The van der Waals surface area contributed by atoms with E-state index in [1.165, 1.54) is 0 Å². The van der Waals surface area contributed by atoms with Gasteiger partial charge in [-0.3, -0.25) is 5.41 Å². The van der Waals surface area contributed by atoms with Crippen LogP contribution in [0.2, 0.25) is 0 Å². The van der Waals surface area contributed by atoms with Crippen LogP contribution in [-0.2, 0) is 9.84 Å². The zero-order valence-corrected chi connectivity index (χ0v) is 10.3. The van der Waals surface area contributed by atoms with Crippen molar-refractivity contribution in [2.45, 2.75) is 19.8 Å². The first-order valence-corrected chi connectivity index (χ1v) is 6.91. The largest absolute Gasteiger partial charge is 0.388 e. The molecule has 0 radical (unpaired) electrons. The second-order valence-corrected chi connectivity index (χ2v) is 6.03. The number of nitrogens with zero attached hydrogens (tertiary/aromatic N) is 1. The van der Waals surface area contributed by atoms with E-state index >= 15 is 0 Å². The van der Waals surface area contributed by atoms with Crippen LogP contribution in [0.15, 0.2) is 0 Å². The minimum Gasteiger partial charge on any atom is -0.388 e. The van der Waals surface area contributed by atoms with Gasteiger partial charge in [-0.25, -0.2) is 8.42 Å². The summed E-state index contributed by atoms with van der Waals surface area (Å²) < 4.78 is 22.8. The molecule has 0 aliphatic carbocycles. The van der Waals surface area contributed by atoms with E-state index in [-0.39, 0.29) is 17.3 Å². The van der Waals surface area contributed by atoms with Crippen LogP contribution in [0.5, 0.6) is 0 Å². The molecule has 5 nitrogen and oxygen atoms in total. The molecule has 6 heteroatoms. The molecule has 3 N–H and O–H groups in total. The van der Waals surface area contributed by atoms with Gasteiger partial charge >= 0.3 is 0 Å². The molecule has 0 aromatic rings. The maximum Gasteiger partial charge on any atom is 0.151 e. The van der Waals surface area contributed by atoms with Crippen LogP contribution < -0.4 is 5.73 Å². The summed E-state index contributed by atoms with van der Waals surface area (Å²) in [5.41, 5.74) is 5.21. The van der Waals surface area contributed by atoms with Crippen molar-refractivity contribution in [1.29, 1.82) is 5.41 Å². The van der Waals surface area contributed by atoms with Crippen LogP contribution in [0.25, 0.3) is 0 Å². The van der Waals surface area contributed by atoms with Crippen LogP contribution in [-0.4, -0.2) is 50.8 Å². The van der Waals surface area contributed by atoms with Crippen LogP contribution in [0, 0.1) is 5.41 Å². The van der Waals surface area contributed by atoms with Crippen molar-refractivity contribution in [2.75, 3.05) is 31.6 Å². The summed E-state index contributed by atoms with van der Waals surface area (Å²) in [6, 6.07) is 0. The Hall–Kier alpha value is -0.620. The van der Waals surface area contributed by atoms with Gasteiger partial charge in [0.1, 0.15) is 0 Å². The summed E-state index contributed by atoms with van der Waals surface area (Å²) in [4.78, 5) is 1.88. The summed E-state index contributed by atoms with van der Waals surface area (Å²) in [7, 11) is -1.05. The van der Waals surface area contributed by atoms with Crippen LogP contribution in [0.1, 0.15) is 19.8 Å². The summed E-state index contributed by atoms with van der Waals surface area (Å²) in [5, 5.41) is 7.04. The molecular weight excluding hydrogens is 214 g/mol. The zero-order valence-electron chi connectivity index (χ0n) is 9.49. The Morgan fingerprint density at radius 1 is 1.33 bits per heavy atom. The molecule has 0 aromatic heterocycles. The van der Waals surface area contributed by atoms with E-state index in [0.717, 1.165) is 0 Å². The Labute approximate surface area is 92.1 Å². The van der Waals surface area contributed by atoms with Crippen molar-refractivity contribution in [3.63, 3.8) is 0 Å². The molecule has 0 fully saturated rings. The van der Waals surface area contributed by atoms with Gasteiger partial charge in [0.2, 0.25) is 0 Å². The summed E-state index contributed by atoms with van der Waals surface area (Å²) in [6.45, 7) is 3.00. The van der Waals surface area contributed by atoms with Crippen molar-refractivity contribution in [1.82, 2.24) is 4.90 Å². The topological polar surface area (TPSA) is 87.2 Å². The highest BCUT2D eigenvalue weighted by molar-refractivity contribution is 7.91. The van der Waals surface area contributed by atoms with Gasteiger partial charge in [-0.05, 0) is 13.5 Å². The summed E-state index contributed by atoms with van der Waals surface area (Å²) in [6.07, 6.45) is 1.16. The zero-order chi connectivity index (χ0) is 11.9. The van der Waals surface area contributed by atoms with Gasteiger partial charge in [0.15, 0.2) is 9.84 Å². The van der Waals surface area contributed by atoms with Crippen molar-refractivity contribution >= 4 is 15.7 Å². The van der Waals surface area contributed by atoms with Crippen LogP contribution in [0.4, 0.5) is 0 Å². The Morgan fingerprint density at radius 2 is 1.93 bits per heavy atom. The minimum atomic E-state index is -2.89. The maximum atomic E-state index is 11.4. The average Bonchev–Trinajstić information content (AvgIpc) is 2.11. The second-order valence-electron chi connectivity index (χ2n) is 3.73. The lowest BCUT2D eigenvalue weighted by molar-refractivity contribution is 0.363. The number of sulfone groups is 1. The van der Waals surface area contributed by atoms with Gasteiger partial charge in [-0.15, -0.1) is 0 Å². The SMILES string of the molecule is CCCS(=O)(=O)CCN(C)CCC(=N)N. The molecule has 90 valence electrons. The minimum absolute atomic E-state index is 0.137. The number of hydrogen-bond donors (Lipinski definition) is 2. The number of nitrogens with one attached hydrogen (secondary N) is 1. The van der Waals surface area contributed by atoms with E-state index in [1.807, 2.05) is 18.9 Å². The van der Waals surface area contributed by atoms with Crippen LogP contribution >= 0.6 is 0 Å². The smallest absolute Gasteiger partial charge is 0.151 e. The summed E-state index contributed by atoms with van der Waals surface area (Å²) >= 11 is 0. The van der Waals surface area contributed by atoms with Gasteiger partial charge < -0.3 is 10.6 Å². The van der Waals surface area contributed by atoms with Crippen LogP contribution in [0.3, 0.4) is 0 Å². The Bertz CT molecular complexity index is 288. The third-order valence-electron chi connectivity index (χ3n) is 2.06. The van der Waals surface area contributed by atoms with E-state index in [1.54, 1.807) is 0 Å². The highest BCUT2D eigenvalue weighted by Crippen LogP contribution is 1.95. The number of rotatable bonds is 8. The highest BCUT2D eigenvalue weighted by atomic mass is 32.2. The quantitative estimate of drug-likeness (QED) is 0.460. The number of nitrogens with two attached hydrogens (primary N) is 1. The third-order valence-corrected chi connectivity index (χ3v) is 3.90. The molecule has 0 spiro atoms. The van der Waals surface area contributed by atoms with Gasteiger partial charge in [0, 0.05) is 25.3 Å². The van der Waals surface area contributed by atoms with Gasteiger partial charge in [-0.2, -0.15) is 0 Å². The molecule has 0 aliphatic heterocycles. The maximum absolute atomic E-state index is 11.4. The standard InChI is InChI=1S/C9H21N3O2S/c1-3-7-15(13,14)8-6-12(2)5-4-9(10)11/h3-8H2,1-2H3,(H3,10,11). The first-order chi connectivity index (χ1) is 6.87. The van der Waals surface area contributed by atoms with E-state index in [4.69, 9.17) is 11.1 Å².